The van der Waals surface area contributed by atoms with Crippen LogP contribution in [-0.4, -0.2) is 23.5 Å². The van der Waals surface area contributed by atoms with Crippen molar-refractivity contribution in [2.75, 3.05) is 11.4 Å². The van der Waals surface area contributed by atoms with Crippen LogP contribution in [-0.2, 0) is 4.79 Å². The maximum Gasteiger partial charge on any atom is 0.328 e. The number of hydrogen-bond donors (Lipinski definition) is 1. The van der Waals surface area contributed by atoms with Gasteiger partial charge in [-0.05, 0) is 34.1 Å². The number of urea groups is 1. The quantitative estimate of drug-likeness (QED) is 0.782. The van der Waals surface area contributed by atoms with Gasteiger partial charge in [0.2, 0.25) is 5.91 Å². The van der Waals surface area contributed by atoms with Crippen molar-refractivity contribution < 1.29 is 14.0 Å². The van der Waals surface area contributed by atoms with Crippen molar-refractivity contribution in [2.45, 2.75) is 6.42 Å². The van der Waals surface area contributed by atoms with E-state index in [-0.39, 0.29) is 35.1 Å². The molecule has 8 heteroatoms. The molecule has 1 aromatic carbocycles. The number of amides is 3. The molecular formula is C13H8BrClFN3O2. The molecule has 5 nitrogen and oxygen atoms in total. The van der Waals surface area contributed by atoms with Gasteiger partial charge in [0.1, 0.15) is 5.82 Å². The van der Waals surface area contributed by atoms with Crippen LogP contribution < -0.4 is 10.2 Å². The summed E-state index contributed by atoms with van der Waals surface area (Å²) in [6.07, 6.45) is 0.154. The summed E-state index contributed by atoms with van der Waals surface area (Å²) in [6, 6.07) is 4.02. The summed E-state index contributed by atoms with van der Waals surface area (Å²) in [6.45, 7) is 0.174. The fourth-order valence-corrected chi connectivity index (χ4v) is 2.73. The zero-order valence-electron chi connectivity index (χ0n) is 10.5. The first-order chi connectivity index (χ1) is 9.97. The van der Waals surface area contributed by atoms with Gasteiger partial charge >= 0.3 is 6.03 Å². The zero-order valence-corrected chi connectivity index (χ0v) is 12.8. The minimum absolute atomic E-state index is 0.0775. The van der Waals surface area contributed by atoms with Crippen molar-refractivity contribution in [3.8, 4) is 0 Å². The van der Waals surface area contributed by atoms with Crippen molar-refractivity contribution in [3.05, 3.63) is 33.6 Å². The van der Waals surface area contributed by atoms with Gasteiger partial charge in [0.15, 0.2) is 5.15 Å². The summed E-state index contributed by atoms with van der Waals surface area (Å²) >= 11 is 9.18. The molecule has 0 unspecified atom stereocenters. The monoisotopic (exact) mass is 371 g/mol. The standard InChI is InChI=1S/C13H8BrClFN3O2/c14-7-1-2-8-6(11(7)16)5-9(12(15)17-8)19-4-3-10(20)18-13(19)21/h1-2,5H,3-4H2,(H,18,20,21). The predicted molar refractivity (Wildman–Crippen MR) is 79.9 cm³/mol. The van der Waals surface area contributed by atoms with Gasteiger partial charge in [0.25, 0.3) is 0 Å². The molecule has 0 aliphatic carbocycles. The highest BCUT2D eigenvalue weighted by Crippen LogP contribution is 2.32. The number of halogens is 3. The lowest BCUT2D eigenvalue weighted by Gasteiger charge is -2.27. The summed E-state index contributed by atoms with van der Waals surface area (Å²) < 4.78 is 14.4. The molecule has 1 aliphatic rings. The first kappa shape index (κ1) is 14.2. The Hall–Kier alpha value is -1.73. The summed E-state index contributed by atoms with van der Waals surface area (Å²) in [4.78, 5) is 28.4. The Kier molecular flexibility index (Phi) is 3.54. The molecule has 0 atom stereocenters. The largest absolute Gasteiger partial charge is 0.328 e. The fraction of sp³-hybridized carbons (Fsp3) is 0.154. The minimum Gasteiger partial charge on any atom is -0.290 e. The highest BCUT2D eigenvalue weighted by molar-refractivity contribution is 9.10. The number of hydrogen-bond acceptors (Lipinski definition) is 3. The Morgan fingerprint density at radius 1 is 1.38 bits per heavy atom. The van der Waals surface area contributed by atoms with E-state index in [1.165, 1.54) is 17.0 Å². The van der Waals surface area contributed by atoms with E-state index in [0.29, 0.717) is 9.99 Å². The van der Waals surface area contributed by atoms with Crippen LogP contribution in [0.5, 0.6) is 0 Å². The second-order valence-corrected chi connectivity index (χ2v) is 5.69. The first-order valence-corrected chi connectivity index (χ1v) is 7.20. The third kappa shape index (κ3) is 2.47. The molecule has 0 spiro atoms. The maximum absolute atomic E-state index is 14.1. The van der Waals surface area contributed by atoms with E-state index in [1.807, 2.05) is 0 Å². The van der Waals surface area contributed by atoms with Gasteiger partial charge in [0, 0.05) is 18.4 Å². The van der Waals surface area contributed by atoms with Crippen molar-refractivity contribution in [2.24, 2.45) is 0 Å². The van der Waals surface area contributed by atoms with Gasteiger partial charge in [0.05, 0.1) is 15.7 Å². The van der Waals surface area contributed by atoms with Gasteiger partial charge in [-0.3, -0.25) is 15.0 Å². The first-order valence-electron chi connectivity index (χ1n) is 6.03. The van der Waals surface area contributed by atoms with E-state index < -0.39 is 11.8 Å². The van der Waals surface area contributed by atoms with Crippen molar-refractivity contribution in [1.29, 1.82) is 0 Å². The van der Waals surface area contributed by atoms with E-state index in [2.05, 4.69) is 26.2 Å². The van der Waals surface area contributed by atoms with E-state index >= 15 is 0 Å². The number of imide groups is 1. The lowest BCUT2D eigenvalue weighted by atomic mass is 10.2. The SMILES string of the molecule is O=C1CCN(c2cc3c(F)c(Br)ccc3nc2Cl)C(=O)N1. The third-order valence-electron chi connectivity index (χ3n) is 3.17. The van der Waals surface area contributed by atoms with Gasteiger partial charge in [-0.2, -0.15) is 0 Å². The second-order valence-electron chi connectivity index (χ2n) is 4.48. The average Bonchev–Trinajstić information content (AvgIpc) is 2.43. The number of aromatic nitrogens is 1. The predicted octanol–water partition coefficient (Wildman–Crippen LogP) is 3.24. The van der Waals surface area contributed by atoms with E-state index in [4.69, 9.17) is 11.6 Å². The molecule has 2 aromatic rings. The number of fused-ring (bicyclic) bond motifs is 1. The lowest BCUT2D eigenvalue weighted by molar-refractivity contribution is -0.120. The normalized spacial score (nSPS) is 15.5. The van der Waals surface area contributed by atoms with Crippen molar-refractivity contribution in [3.63, 3.8) is 0 Å². The summed E-state index contributed by atoms with van der Waals surface area (Å²) in [7, 11) is 0. The number of nitrogens with one attached hydrogen (secondary N) is 1. The molecule has 1 fully saturated rings. The molecule has 1 aliphatic heterocycles. The van der Waals surface area contributed by atoms with E-state index in [0.717, 1.165) is 0 Å². The number of pyridine rings is 1. The fourth-order valence-electron chi connectivity index (χ4n) is 2.13. The number of carbonyl (C=O) groups is 2. The minimum atomic E-state index is -0.593. The average molecular weight is 373 g/mol. The molecular weight excluding hydrogens is 365 g/mol. The Labute approximate surface area is 132 Å². The molecule has 0 radical (unpaired) electrons. The van der Waals surface area contributed by atoms with Crippen LogP contribution in [0.1, 0.15) is 6.42 Å². The van der Waals surface area contributed by atoms with Gasteiger partial charge in [-0.25, -0.2) is 14.2 Å². The van der Waals surface area contributed by atoms with Crippen molar-refractivity contribution >= 4 is 56.1 Å². The van der Waals surface area contributed by atoms with E-state index in [9.17, 15) is 14.0 Å². The van der Waals surface area contributed by atoms with Crippen LogP contribution in [0.25, 0.3) is 10.9 Å². The molecule has 1 N–H and O–H groups in total. The third-order valence-corrected chi connectivity index (χ3v) is 4.06. The van der Waals surface area contributed by atoms with Gasteiger partial charge in [-0.15, -0.1) is 0 Å². The Morgan fingerprint density at radius 3 is 2.86 bits per heavy atom. The van der Waals surface area contributed by atoms with Crippen LogP contribution in [0.3, 0.4) is 0 Å². The van der Waals surface area contributed by atoms with Crippen LogP contribution >= 0.6 is 27.5 Å². The molecule has 0 bridgehead atoms. The van der Waals surface area contributed by atoms with Crippen LogP contribution in [0.2, 0.25) is 5.15 Å². The summed E-state index contributed by atoms with van der Waals surface area (Å²) in [5.41, 5.74) is 0.657. The zero-order chi connectivity index (χ0) is 15.1. The Morgan fingerprint density at radius 2 is 2.14 bits per heavy atom. The molecule has 1 saturated heterocycles. The topological polar surface area (TPSA) is 62.3 Å². The number of benzene rings is 1. The summed E-state index contributed by atoms with van der Waals surface area (Å²) in [5, 5.41) is 2.51. The van der Waals surface area contributed by atoms with E-state index in [1.54, 1.807) is 6.07 Å². The number of carbonyl (C=O) groups excluding carboxylic acids is 2. The van der Waals surface area contributed by atoms with Gasteiger partial charge in [-0.1, -0.05) is 11.6 Å². The van der Waals surface area contributed by atoms with Gasteiger partial charge < -0.3 is 0 Å². The number of anilines is 1. The molecule has 1 aromatic heterocycles. The highest BCUT2D eigenvalue weighted by atomic mass is 79.9. The Bertz CT molecular complexity index is 784. The molecule has 2 heterocycles. The molecule has 3 rings (SSSR count). The highest BCUT2D eigenvalue weighted by Gasteiger charge is 2.27. The smallest absolute Gasteiger partial charge is 0.290 e. The van der Waals surface area contributed by atoms with Crippen molar-refractivity contribution in [1.82, 2.24) is 10.3 Å². The van der Waals surface area contributed by atoms with Crippen LogP contribution in [0.15, 0.2) is 22.7 Å². The molecule has 108 valence electrons. The molecule has 3 amide bonds. The maximum atomic E-state index is 14.1. The number of rotatable bonds is 1. The second kappa shape index (κ2) is 5.23. The lowest BCUT2D eigenvalue weighted by Crippen LogP contribution is -2.49. The molecule has 21 heavy (non-hydrogen) atoms. The van der Waals surface area contributed by atoms with Crippen LogP contribution in [0, 0.1) is 5.82 Å². The van der Waals surface area contributed by atoms with Crippen LogP contribution in [0.4, 0.5) is 14.9 Å². The Balaban J connectivity index is 2.14. The number of nitrogens with zero attached hydrogens (tertiary/aromatic N) is 2. The molecule has 0 saturated carbocycles. The summed E-state index contributed by atoms with van der Waals surface area (Å²) in [5.74, 6) is -0.832.